The molecule has 0 spiro atoms. The van der Waals surface area contributed by atoms with Crippen LogP contribution in [-0.4, -0.2) is 28.9 Å². The smallest absolute Gasteiger partial charge is 0.242 e. The number of rotatable bonds is 3. The highest BCUT2D eigenvalue weighted by Crippen LogP contribution is 2.21. The molecule has 0 aliphatic carbocycles. The van der Waals surface area contributed by atoms with Gasteiger partial charge in [-0.15, -0.1) is 0 Å². The van der Waals surface area contributed by atoms with Gasteiger partial charge in [-0.2, -0.15) is 0 Å². The standard InChI is InChI=1S/C20H19N3O/c24-19(23-12-10-15-5-1-2-6-17(15)14-23)13-22-18-9-3-7-16-8-4-11-21-20(16)18/h1-9,11,22H,10,12-14H2. The molecule has 1 N–H and O–H groups in total. The van der Waals surface area contributed by atoms with Gasteiger partial charge < -0.3 is 10.2 Å². The quantitative estimate of drug-likeness (QED) is 0.806. The first kappa shape index (κ1) is 14.7. The Morgan fingerprint density at radius 2 is 1.88 bits per heavy atom. The minimum Gasteiger partial charge on any atom is -0.374 e. The summed E-state index contributed by atoms with van der Waals surface area (Å²) in [5.74, 6) is 0.123. The summed E-state index contributed by atoms with van der Waals surface area (Å²) < 4.78 is 0. The second-order valence-corrected chi connectivity index (χ2v) is 6.07. The normalized spacial score (nSPS) is 13.6. The van der Waals surface area contributed by atoms with Crippen molar-refractivity contribution >= 4 is 22.5 Å². The van der Waals surface area contributed by atoms with Crippen LogP contribution in [0.5, 0.6) is 0 Å². The number of pyridine rings is 1. The third-order valence-electron chi connectivity index (χ3n) is 4.55. The molecular weight excluding hydrogens is 298 g/mol. The van der Waals surface area contributed by atoms with Gasteiger partial charge in [0.1, 0.15) is 0 Å². The van der Waals surface area contributed by atoms with Crippen molar-refractivity contribution in [2.45, 2.75) is 13.0 Å². The average Bonchev–Trinajstić information content (AvgIpc) is 2.65. The van der Waals surface area contributed by atoms with Gasteiger partial charge in [0.05, 0.1) is 17.7 Å². The predicted octanol–water partition coefficient (Wildman–Crippen LogP) is 3.23. The molecule has 0 bridgehead atoms. The van der Waals surface area contributed by atoms with E-state index in [4.69, 9.17) is 0 Å². The molecular formula is C20H19N3O. The van der Waals surface area contributed by atoms with Crippen molar-refractivity contribution in [3.8, 4) is 0 Å². The molecule has 120 valence electrons. The van der Waals surface area contributed by atoms with Crippen LogP contribution in [0.25, 0.3) is 10.9 Å². The fourth-order valence-electron chi connectivity index (χ4n) is 3.24. The van der Waals surface area contributed by atoms with E-state index in [2.05, 4.69) is 28.5 Å². The second kappa shape index (κ2) is 6.32. The third kappa shape index (κ3) is 2.83. The van der Waals surface area contributed by atoms with E-state index in [0.29, 0.717) is 6.54 Å². The van der Waals surface area contributed by atoms with E-state index < -0.39 is 0 Å². The van der Waals surface area contributed by atoms with E-state index in [-0.39, 0.29) is 12.5 Å². The highest BCUT2D eigenvalue weighted by molar-refractivity contribution is 5.92. The van der Waals surface area contributed by atoms with Crippen molar-refractivity contribution in [1.82, 2.24) is 9.88 Å². The number of carbonyl (C=O) groups excluding carboxylic acids is 1. The number of nitrogens with zero attached hydrogens (tertiary/aromatic N) is 2. The van der Waals surface area contributed by atoms with Crippen molar-refractivity contribution in [1.29, 1.82) is 0 Å². The molecule has 24 heavy (non-hydrogen) atoms. The predicted molar refractivity (Wildman–Crippen MR) is 95.8 cm³/mol. The lowest BCUT2D eigenvalue weighted by Crippen LogP contribution is -2.39. The number of benzene rings is 2. The number of aromatic nitrogens is 1. The SMILES string of the molecule is O=C(CNc1cccc2cccnc12)N1CCc2ccccc2C1. The van der Waals surface area contributed by atoms with Gasteiger partial charge in [0.25, 0.3) is 0 Å². The highest BCUT2D eigenvalue weighted by atomic mass is 16.2. The molecule has 3 aromatic rings. The van der Waals surface area contributed by atoms with E-state index in [9.17, 15) is 4.79 Å². The topological polar surface area (TPSA) is 45.2 Å². The zero-order chi connectivity index (χ0) is 16.4. The maximum Gasteiger partial charge on any atom is 0.242 e. The van der Waals surface area contributed by atoms with Gasteiger partial charge in [-0.05, 0) is 29.7 Å². The van der Waals surface area contributed by atoms with Crippen LogP contribution in [0, 0.1) is 0 Å². The molecule has 1 aromatic heterocycles. The van der Waals surface area contributed by atoms with Gasteiger partial charge in [0.15, 0.2) is 0 Å². The van der Waals surface area contributed by atoms with Crippen molar-refractivity contribution in [2.75, 3.05) is 18.4 Å². The van der Waals surface area contributed by atoms with Crippen LogP contribution in [0.1, 0.15) is 11.1 Å². The van der Waals surface area contributed by atoms with E-state index in [1.165, 1.54) is 11.1 Å². The van der Waals surface area contributed by atoms with Crippen LogP contribution in [0.3, 0.4) is 0 Å². The Bertz CT molecular complexity index is 885. The number of nitrogens with one attached hydrogen (secondary N) is 1. The number of hydrogen-bond donors (Lipinski definition) is 1. The number of para-hydroxylation sites is 1. The summed E-state index contributed by atoms with van der Waals surface area (Å²) >= 11 is 0. The highest BCUT2D eigenvalue weighted by Gasteiger charge is 2.20. The van der Waals surface area contributed by atoms with Gasteiger partial charge in [0.2, 0.25) is 5.91 Å². The summed E-state index contributed by atoms with van der Waals surface area (Å²) in [6.07, 6.45) is 2.70. The maximum atomic E-state index is 12.6. The fourth-order valence-corrected chi connectivity index (χ4v) is 3.24. The van der Waals surface area contributed by atoms with Crippen molar-refractivity contribution in [2.24, 2.45) is 0 Å². The van der Waals surface area contributed by atoms with Crippen LogP contribution < -0.4 is 5.32 Å². The Kier molecular flexibility index (Phi) is 3.87. The van der Waals surface area contributed by atoms with E-state index in [0.717, 1.165) is 29.6 Å². The van der Waals surface area contributed by atoms with Crippen LogP contribution >= 0.6 is 0 Å². The molecule has 4 nitrogen and oxygen atoms in total. The molecule has 0 unspecified atom stereocenters. The first-order valence-electron chi connectivity index (χ1n) is 8.23. The Morgan fingerprint density at radius 3 is 2.79 bits per heavy atom. The Balaban J connectivity index is 1.45. The van der Waals surface area contributed by atoms with E-state index in [1.807, 2.05) is 41.3 Å². The largest absolute Gasteiger partial charge is 0.374 e. The van der Waals surface area contributed by atoms with Crippen molar-refractivity contribution < 1.29 is 4.79 Å². The van der Waals surface area contributed by atoms with Gasteiger partial charge in [-0.3, -0.25) is 9.78 Å². The molecule has 0 radical (unpaired) electrons. The molecule has 1 aliphatic rings. The fraction of sp³-hybridized carbons (Fsp3) is 0.200. The number of anilines is 1. The van der Waals surface area contributed by atoms with Gasteiger partial charge in [-0.1, -0.05) is 42.5 Å². The number of fused-ring (bicyclic) bond motifs is 2. The van der Waals surface area contributed by atoms with Crippen molar-refractivity contribution in [3.63, 3.8) is 0 Å². The molecule has 4 rings (SSSR count). The summed E-state index contributed by atoms with van der Waals surface area (Å²) in [4.78, 5) is 18.9. The minimum atomic E-state index is 0.123. The lowest BCUT2D eigenvalue weighted by molar-refractivity contribution is -0.130. The first-order valence-corrected chi connectivity index (χ1v) is 8.23. The zero-order valence-electron chi connectivity index (χ0n) is 13.4. The molecule has 0 saturated heterocycles. The lowest BCUT2D eigenvalue weighted by atomic mass is 10.00. The van der Waals surface area contributed by atoms with Crippen LogP contribution in [0.15, 0.2) is 60.8 Å². The van der Waals surface area contributed by atoms with E-state index >= 15 is 0 Å². The third-order valence-corrected chi connectivity index (χ3v) is 4.55. The molecule has 0 fully saturated rings. The maximum absolute atomic E-state index is 12.6. The summed E-state index contributed by atoms with van der Waals surface area (Å²) in [6, 6.07) is 18.3. The van der Waals surface area contributed by atoms with Crippen LogP contribution in [0.4, 0.5) is 5.69 Å². The van der Waals surface area contributed by atoms with E-state index in [1.54, 1.807) is 6.20 Å². The molecule has 1 aliphatic heterocycles. The summed E-state index contributed by atoms with van der Waals surface area (Å²) in [5.41, 5.74) is 4.41. The first-order chi connectivity index (χ1) is 11.8. The molecule has 2 aromatic carbocycles. The Morgan fingerprint density at radius 1 is 1.04 bits per heavy atom. The monoisotopic (exact) mass is 317 g/mol. The van der Waals surface area contributed by atoms with Gasteiger partial charge in [0, 0.05) is 24.7 Å². The summed E-state index contributed by atoms with van der Waals surface area (Å²) in [7, 11) is 0. The van der Waals surface area contributed by atoms with Gasteiger partial charge in [-0.25, -0.2) is 0 Å². The van der Waals surface area contributed by atoms with Crippen LogP contribution in [0.2, 0.25) is 0 Å². The minimum absolute atomic E-state index is 0.123. The molecule has 1 amide bonds. The zero-order valence-corrected chi connectivity index (χ0v) is 13.4. The summed E-state index contributed by atoms with van der Waals surface area (Å²) in [6.45, 7) is 1.77. The lowest BCUT2D eigenvalue weighted by Gasteiger charge is -2.29. The number of carbonyl (C=O) groups is 1. The molecule has 0 saturated carbocycles. The van der Waals surface area contributed by atoms with Crippen molar-refractivity contribution in [3.05, 3.63) is 71.9 Å². The Labute approximate surface area is 141 Å². The summed E-state index contributed by atoms with van der Waals surface area (Å²) in [5, 5.41) is 4.33. The van der Waals surface area contributed by atoms with Crippen LogP contribution in [-0.2, 0) is 17.8 Å². The number of amides is 1. The Hall–Kier alpha value is -2.88. The average molecular weight is 317 g/mol. The second-order valence-electron chi connectivity index (χ2n) is 6.07. The van der Waals surface area contributed by atoms with Gasteiger partial charge >= 0.3 is 0 Å². The number of hydrogen-bond acceptors (Lipinski definition) is 3. The molecule has 0 atom stereocenters. The molecule has 2 heterocycles. The molecule has 4 heteroatoms.